The average molecular weight is 231 g/mol. The third-order valence-corrected chi connectivity index (χ3v) is 1.98. The van der Waals surface area contributed by atoms with E-state index in [1.54, 1.807) is 12.1 Å². The summed E-state index contributed by atoms with van der Waals surface area (Å²) in [5, 5.41) is 8.24. The van der Waals surface area contributed by atoms with Gasteiger partial charge in [0.25, 0.3) is 11.5 Å². The second-order valence-corrected chi connectivity index (χ2v) is 3.20. The van der Waals surface area contributed by atoms with Crippen molar-refractivity contribution in [1.82, 2.24) is 15.2 Å². The Labute approximate surface area is 95.7 Å². The zero-order valence-electron chi connectivity index (χ0n) is 8.68. The van der Waals surface area contributed by atoms with Gasteiger partial charge in [-0.05, 0) is 18.2 Å². The van der Waals surface area contributed by atoms with Gasteiger partial charge in [-0.25, -0.2) is 10.1 Å². The van der Waals surface area contributed by atoms with Crippen molar-refractivity contribution in [2.75, 3.05) is 11.1 Å². The molecule has 0 aliphatic rings. The van der Waals surface area contributed by atoms with Crippen LogP contribution in [-0.4, -0.2) is 21.1 Å². The van der Waals surface area contributed by atoms with Gasteiger partial charge in [-0.15, -0.1) is 0 Å². The molecule has 7 heteroatoms. The number of anilines is 2. The van der Waals surface area contributed by atoms with Crippen LogP contribution in [0.3, 0.4) is 0 Å². The molecular formula is C10H9N5O2. The van der Waals surface area contributed by atoms with Crippen molar-refractivity contribution >= 4 is 17.4 Å². The van der Waals surface area contributed by atoms with Gasteiger partial charge in [0.15, 0.2) is 5.82 Å². The highest BCUT2D eigenvalue weighted by molar-refractivity contribution is 6.03. The lowest BCUT2D eigenvalue weighted by atomic mass is 10.3. The fourth-order valence-electron chi connectivity index (χ4n) is 1.16. The molecule has 1 amide bonds. The van der Waals surface area contributed by atoms with E-state index >= 15 is 0 Å². The monoisotopic (exact) mass is 231 g/mol. The van der Waals surface area contributed by atoms with Gasteiger partial charge in [0, 0.05) is 12.3 Å². The summed E-state index contributed by atoms with van der Waals surface area (Å²) in [5.74, 6) is -0.239. The molecule has 2 rings (SSSR count). The maximum absolute atomic E-state index is 11.7. The second-order valence-electron chi connectivity index (χ2n) is 3.20. The number of nitrogens with one attached hydrogen (secondary N) is 2. The molecular weight excluding hydrogens is 222 g/mol. The van der Waals surface area contributed by atoms with Crippen LogP contribution < -0.4 is 16.6 Å². The number of hydrogen-bond acceptors (Lipinski definition) is 5. The molecule has 2 heterocycles. The highest BCUT2D eigenvalue weighted by Crippen LogP contribution is 2.13. The van der Waals surface area contributed by atoms with Crippen molar-refractivity contribution in [3.8, 4) is 0 Å². The molecule has 17 heavy (non-hydrogen) atoms. The maximum Gasteiger partial charge on any atom is 0.277 e. The Balaban J connectivity index is 2.20. The van der Waals surface area contributed by atoms with Crippen LogP contribution in [0.5, 0.6) is 0 Å². The quantitative estimate of drug-likeness (QED) is 0.673. The number of carbonyl (C=O) groups excluding carboxylic acids is 1. The smallest absolute Gasteiger partial charge is 0.277 e. The van der Waals surface area contributed by atoms with Crippen LogP contribution >= 0.6 is 0 Å². The summed E-state index contributed by atoms with van der Waals surface area (Å²) < 4.78 is 0. The number of nitrogens with two attached hydrogens (primary N) is 1. The van der Waals surface area contributed by atoms with Crippen LogP contribution in [0.15, 0.2) is 35.3 Å². The Bertz CT molecular complexity index is 587. The molecule has 0 radical (unpaired) electrons. The molecule has 0 fully saturated rings. The third kappa shape index (κ3) is 2.46. The number of H-pyrrole nitrogens is 1. The van der Waals surface area contributed by atoms with Crippen LogP contribution in [0.2, 0.25) is 0 Å². The summed E-state index contributed by atoms with van der Waals surface area (Å²) in [5.41, 5.74) is 5.67. The van der Waals surface area contributed by atoms with Crippen LogP contribution in [0.1, 0.15) is 10.5 Å². The minimum Gasteiger partial charge on any atom is -0.396 e. The van der Waals surface area contributed by atoms with Crippen LogP contribution in [0.4, 0.5) is 11.5 Å². The van der Waals surface area contributed by atoms with Gasteiger partial charge in [0.1, 0.15) is 5.69 Å². The zero-order chi connectivity index (χ0) is 12.3. The highest BCUT2D eigenvalue weighted by atomic mass is 16.2. The second kappa shape index (κ2) is 4.44. The molecule has 2 aromatic heterocycles. The van der Waals surface area contributed by atoms with Crippen molar-refractivity contribution in [2.45, 2.75) is 0 Å². The molecule has 86 valence electrons. The average Bonchev–Trinajstić information content (AvgIpc) is 2.33. The van der Waals surface area contributed by atoms with Crippen molar-refractivity contribution in [3.05, 3.63) is 46.5 Å². The van der Waals surface area contributed by atoms with E-state index in [9.17, 15) is 9.59 Å². The lowest BCUT2D eigenvalue weighted by Crippen LogP contribution is -2.18. The summed E-state index contributed by atoms with van der Waals surface area (Å²) in [4.78, 5) is 26.4. The molecule has 0 saturated heterocycles. The van der Waals surface area contributed by atoms with Crippen molar-refractivity contribution in [3.63, 3.8) is 0 Å². The Morgan fingerprint density at radius 2 is 2.18 bits per heavy atom. The van der Waals surface area contributed by atoms with E-state index < -0.39 is 5.91 Å². The largest absolute Gasteiger partial charge is 0.396 e. The number of amides is 1. The van der Waals surface area contributed by atoms with Crippen LogP contribution in [0.25, 0.3) is 0 Å². The van der Waals surface area contributed by atoms with Gasteiger partial charge in [-0.2, -0.15) is 5.10 Å². The fraction of sp³-hybridized carbons (Fsp3) is 0. The predicted molar refractivity (Wildman–Crippen MR) is 61.5 cm³/mol. The van der Waals surface area contributed by atoms with E-state index in [0.717, 1.165) is 0 Å². The van der Waals surface area contributed by atoms with Crippen molar-refractivity contribution in [1.29, 1.82) is 0 Å². The number of nitrogen functional groups attached to an aromatic ring is 1. The predicted octanol–water partition coefficient (Wildman–Crippen LogP) is -0.000600. The minimum atomic E-state index is -0.494. The number of aromatic amines is 1. The normalized spacial score (nSPS) is 9.88. The molecule has 0 aliphatic heterocycles. The molecule has 0 bridgehead atoms. The first kappa shape index (κ1) is 10.8. The number of rotatable bonds is 2. The minimum absolute atomic E-state index is 0.0784. The molecule has 0 unspecified atom stereocenters. The van der Waals surface area contributed by atoms with Crippen LogP contribution in [0, 0.1) is 0 Å². The van der Waals surface area contributed by atoms with E-state index in [4.69, 9.17) is 5.73 Å². The summed E-state index contributed by atoms with van der Waals surface area (Å²) in [7, 11) is 0. The summed E-state index contributed by atoms with van der Waals surface area (Å²) in [6, 6.07) is 5.79. The topological polar surface area (TPSA) is 114 Å². The molecule has 0 atom stereocenters. The number of hydrogen-bond donors (Lipinski definition) is 3. The molecule has 0 saturated carbocycles. The standard InChI is InChI=1S/C10H9N5O2/c11-6-2-1-5-12-9(6)13-10(17)7-3-4-8(16)15-14-7/h1-5H,11H2,(H,15,16)(H,12,13,17). The van der Waals surface area contributed by atoms with Gasteiger partial charge in [-0.3, -0.25) is 9.59 Å². The fourth-order valence-corrected chi connectivity index (χ4v) is 1.16. The number of carbonyl (C=O) groups is 1. The molecule has 0 aliphatic carbocycles. The molecule has 2 aromatic rings. The van der Waals surface area contributed by atoms with E-state index in [1.807, 2.05) is 0 Å². The van der Waals surface area contributed by atoms with E-state index in [1.165, 1.54) is 18.3 Å². The Morgan fingerprint density at radius 3 is 2.82 bits per heavy atom. The first-order chi connectivity index (χ1) is 8.16. The summed E-state index contributed by atoms with van der Waals surface area (Å²) >= 11 is 0. The highest BCUT2D eigenvalue weighted by Gasteiger charge is 2.09. The van der Waals surface area contributed by atoms with E-state index in [2.05, 4.69) is 20.5 Å². The number of aromatic nitrogens is 3. The van der Waals surface area contributed by atoms with Crippen LogP contribution in [-0.2, 0) is 0 Å². The van der Waals surface area contributed by atoms with E-state index in [-0.39, 0.29) is 17.1 Å². The Morgan fingerprint density at radius 1 is 1.35 bits per heavy atom. The molecule has 7 nitrogen and oxygen atoms in total. The SMILES string of the molecule is Nc1cccnc1NC(=O)c1ccc(=O)[nH]n1. The zero-order valence-corrected chi connectivity index (χ0v) is 8.68. The third-order valence-electron chi connectivity index (χ3n) is 1.98. The van der Waals surface area contributed by atoms with E-state index in [0.29, 0.717) is 5.69 Å². The Kier molecular flexibility index (Phi) is 2.82. The lowest BCUT2D eigenvalue weighted by Gasteiger charge is -2.05. The molecule has 4 N–H and O–H groups in total. The lowest BCUT2D eigenvalue weighted by molar-refractivity contribution is 0.102. The molecule has 0 spiro atoms. The first-order valence-electron chi connectivity index (χ1n) is 4.74. The van der Waals surface area contributed by atoms with Crippen molar-refractivity contribution < 1.29 is 4.79 Å². The summed E-state index contributed by atoms with van der Waals surface area (Å²) in [6.45, 7) is 0. The van der Waals surface area contributed by atoms with Gasteiger partial charge in [-0.1, -0.05) is 0 Å². The first-order valence-corrected chi connectivity index (χ1v) is 4.74. The van der Waals surface area contributed by atoms with Gasteiger partial charge in [0.05, 0.1) is 5.69 Å². The number of pyridine rings is 1. The number of nitrogens with zero attached hydrogens (tertiary/aromatic N) is 2. The van der Waals surface area contributed by atoms with Gasteiger partial charge in [0.2, 0.25) is 0 Å². The summed E-state index contributed by atoms with van der Waals surface area (Å²) in [6.07, 6.45) is 1.51. The van der Waals surface area contributed by atoms with Gasteiger partial charge < -0.3 is 11.1 Å². The maximum atomic E-state index is 11.7. The molecule has 0 aromatic carbocycles. The Hall–Kier alpha value is -2.70. The van der Waals surface area contributed by atoms with Gasteiger partial charge >= 0.3 is 0 Å². The van der Waals surface area contributed by atoms with Crippen molar-refractivity contribution in [2.24, 2.45) is 0 Å².